The van der Waals surface area contributed by atoms with E-state index in [4.69, 9.17) is 23.2 Å². The van der Waals surface area contributed by atoms with Crippen molar-refractivity contribution in [3.63, 3.8) is 0 Å². The fourth-order valence-electron chi connectivity index (χ4n) is 1.95. The first-order chi connectivity index (χ1) is 9.56. The number of rotatable bonds is 6. The number of hydrogen-bond acceptors (Lipinski definition) is 2. The summed E-state index contributed by atoms with van der Waals surface area (Å²) in [5.74, 6) is 0.640. The molecule has 5 heteroatoms. The van der Waals surface area contributed by atoms with Gasteiger partial charge in [-0.3, -0.25) is 4.68 Å². The summed E-state index contributed by atoms with van der Waals surface area (Å²) in [4.78, 5) is 0. The molecule has 0 bridgehead atoms. The van der Waals surface area contributed by atoms with E-state index in [1.165, 1.54) is 0 Å². The van der Waals surface area contributed by atoms with Crippen LogP contribution in [0, 0.1) is 5.92 Å². The molecule has 0 atom stereocenters. The molecule has 0 saturated carbocycles. The molecule has 0 aliphatic carbocycles. The van der Waals surface area contributed by atoms with Crippen molar-refractivity contribution in [3.05, 3.63) is 51.8 Å². The second-order valence-electron chi connectivity index (χ2n) is 5.25. The molecule has 0 spiro atoms. The van der Waals surface area contributed by atoms with Crippen molar-refractivity contribution in [2.45, 2.75) is 26.9 Å². The standard InChI is InChI=1S/C15H19Cl2N3/c1-11(2)8-18-9-13-5-6-19-20(13)10-12-3-4-14(16)15(17)7-12/h3-7,11,18H,8-10H2,1-2H3. The van der Waals surface area contributed by atoms with Crippen LogP contribution >= 0.6 is 23.2 Å². The number of benzene rings is 1. The van der Waals surface area contributed by atoms with Gasteiger partial charge in [0.25, 0.3) is 0 Å². The van der Waals surface area contributed by atoms with Crippen LogP contribution in [0.4, 0.5) is 0 Å². The van der Waals surface area contributed by atoms with Gasteiger partial charge in [-0.25, -0.2) is 0 Å². The predicted molar refractivity (Wildman–Crippen MR) is 84.3 cm³/mol. The van der Waals surface area contributed by atoms with E-state index < -0.39 is 0 Å². The zero-order valence-electron chi connectivity index (χ0n) is 11.7. The molecule has 20 heavy (non-hydrogen) atoms. The molecule has 0 unspecified atom stereocenters. The molecule has 3 nitrogen and oxygen atoms in total. The van der Waals surface area contributed by atoms with Crippen LogP contribution in [-0.4, -0.2) is 16.3 Å². The van der Waals surface area contributed by atoms with E-state index >= 15 is 0 Å². The maximum absolute atomic E-state index is 6.04. The molecule has 1 aromatic carbocycles. The van der Waals surface area contributed by atoms with E-state index in [0.29, 0.717) is 22.5 Å². The second-order valence-corrected chi connectivity index (χ2v) is 6.07. The van der Waals surface area contributed by atoms with Crippen molar-refractivity contribution in [3.8, 4) is 0 Å². The molecule has 0 saturated heterocycles. The van der Waals surface area contributed by atoms with Crippen molar-refractivity contribution >= 4 is 23.2 Å². The van der Waals surface area contributed by atoms with Crippen molar-refractivity contribution in [2.24, 2.45) is 5.92 Å². The van der Waals surface area contributed by atoms with Gasteiger partial charge in [0, 0.05) is 12.7 Å². The molecular formula is C15H19Cl2N3. The number of nitrogens with zero attached hydrogens (tertiary/aromatic N) is 2. The average Bonchev–Trinajstić information content (AvgIpc) is 2.81. The highest BCUT2D eigenvalue weighted by Gasteiger charge is 2.05. The zero-order valence-corrected chi connectivity index (χ0v) is 13.2. The lowest BCUT2D eigenvalue weighted by molar-refractivity contribution is 0.529. The van der Waals surface area contributed by atoms with Crippen LogP contribution in [0.15, 0.2) is 30.5 Å². The number of aromatic nitrogens is 2. The molecule has 108 valence electrons. The highest BCUT2D eigenvalue weighted by molar-refractivity contribution is 6.42. The third-order valence-electron chi connectivity index (χ3n) is 2.98. The normalized spacial score (nSPS) is 11.2. The van der Waals surface area contributed by atoms with Crippen LogP contribution in [0.5, 0.6) is 0 Å². The third-order valence-corrected chi connectivity index (χ3v) is 3.72. The Kier molecular flexibility index (Phi) is 5.46. The van der Waals surface area contributed by atoms with Crippen LogP contribution in [-0.2, 0) is 13.1 Å². The molecule has 1 heterocycles. The first-order valence-electron chi connectivity index (χ1n) is 6.71. The molecular weight excluding hydrogens is 293 g/mol. The monoisotopic (exact) mass is 311 g/mol. The molecule has 2 rings (SSSR count). The van der Waals surface area contributed by atoms with Gasteiger partial charge in [0.05, 0.1) is 22.3 Å². The molecule has 1 N–H and O–H groups in total. The van der Waals surface area contributed by atoms with Crippen LogP contribution in [0.25, 0.3) is 0 Å². The molecule has 0 aliphatic rings. The van der Waals surface area contributed by atoms with E-state index in [1.807, 2.05) is 35.1 Å². The van der Waals surface area contributed by atoms with Gasteiger partial charge in [-0.05, 0) is 36.2 Å². The third kappa shape index (κ3) is 4.23. The Morgan fingerprint density at radius 2 is 2.00 bits per heavy atom. The van der Waals surface area contributed by atoms with Gasteiger partial charge < -0.3 is 5.32 Å². The minimum absolute atomic E-state index is 0.578. The largest absolute Gasteiger partial charge is 0.311 e. The van der Waals surface area contributed by atoms with Crippen molar-refractivity contribution < 1.29 is 0 Å². The number of nitrogens with one attached hydrogen (secondary N) is 1. The first kappa shape index (κ1) is 15.4. The topological polar surface area (TPSA) is 29.9 Å². The Labute approximate surface area is 129 Å². The molecule has 0 fully saturated rings. The number of halogens is 2. The summed E-state index contributed by atoms with van der Waals surface area (Å²) in [6.45, 7) is 6.90. The molecule has 0 aliphatic heterocycles. The highest BCUT2D eigenvalue weighted by atomic mass is 35.5. The van der Waals surface area contributed by atoms with Crippen LogP contribution in [0.2, 0.25) is 10.0 Å². The summed E-state index contributed by atoms with van der Waals surface area (Å²) in [7, 11) is 0. The van der Waals surface area contributed by atoms with Gasteiger partial charge in [-0.15, -0.1) is 0 Å². The summed E-state index contributed by atoms with van der Waals surface area (Å²) in [6.07, 6.45) is 1.82. The van der Waals surface area contributed by atoms with Gasteiger partial charge >= 0.3 is 0 Å². The average molecular weight is 312 g/mol. The fraction of sp³-hybridized carbons (Fsp3) is 0.400. The molecule has 0 radical (unpaired) electrons. The summed E-state index contributed by atoms with van der Waals surface area (Å²) in [5, 5.41) is 8.95. The van der Waals surface area contributed by atoms with Crippen LogP contribution in [0.3, 0.4) is 0 Å². The zero-order chi connectivity index (χ0) is 14.5. The van der Waals surface area contributed by atoms with Crippen LogP contribution in [0.1, 0.15) is 25.1 Å². The Morgan fingerprint density at radius 3 is 2.70 bits per heavy atom. The Balaban J connectivity index is 2.02. The Morgan fingerprint density at radius 1 is 1.20 bits per heavy atom. The lowest BCUT2D eigenvalue weighted by Gasteiger charge is -2.10. The van der Waals surface area contributed by atoms with Gasteiger partial charge in [-0.1, -0.05) is 43.1 Å². The predicted octanol–water partition coefficient (Wildman–Crippen LogP) is 3.98. The summed E-state index contributed by atoms with van der Waals surface area (Å²) < 4.78 is 1.98. The first-order valence-corrected chi connectivity index (χ1v) is 7.47. The van der Waals surface area contributed by atoms with Crippen molar-refractivity contribution in [1.29, 1.82) is 0 Å². The van der Waals surface area contributed by atoms with E-state index in [-0.39, 0.29) is 0 Å². The SMILES string of the molecule is CC(C)CNCc1ccnn1Cc1ccc(Cl)c(Cl)c1. The smallest absolute Gasteiger partial charge is 0.0663 e. The van der Waals surface area contributed by atoms with E-state index in [0.717, 1.165) is 24.3 Å². The molecule has 1 aromatic heterocycles. The fourth-order valence-corrected chi connectivity index (χ4v) is 2.27. The van der Waals surface area contributed by atoms with E-state index in [2.05, 4.69) is 24.3 Å². The Hall–Kier alpha value is -1.03. The maximum Gasteiger partial charge on any atom is 0.0663 e. The summed E-state index contributed by atoms with van der Waals surface area (Å²) >= 11 is 12.0. The van der Waals surface area contributed by atoms with Crippen molar-refractivity contribution in [2.75, 3.05) is 6.54 Å². The van der Waals surface area contributed by atoms with Gasteiger partial charge in [0.1, 0.15) is 0 Å². The van der Waals surface area contributed by atoms with Gasteiger partial charge in [0.2, 0.25) is 0 Å². The summed E-state index contributed by atoms with van der Waals surface area (Å²) in [6, 6.07) is 7.71. The molecule has 2 aromatic rings. The number of hydrogen-bond donors (Lipinski definition) is 1. The highest BCUT2D eigenvalue weighted by Crippen LogP contribution is 2.23. The molecule has 0 amide bonds. The minimum Gasteiger partial charge on any atom is -0.311 e. The van der Waals surface area contributed by atoms with Crippen molar-refractivity contribution in [1.82, 2.24) is 15.1 Å². The summed E-state index contributed by atoms with van der Waals surface area (Å²) in [5.41, 5.74) is 2.25. The van der Waals surface area contributed by atoms with Crippen LogP contribution < -0.4 is 5.32 Å². The minimum atomic E-state index is 0.578. The lowest BCUT2D eigenvalue weighted by atomic mass is 10.2. The second kappa shape index (κ2) is 7.11. The van der Waals surface area contributed by atoms with Gasteiger partial charge in [-0.2, -0.15) is 5.10 Å². The maximum atomic E-state index is 6.04. The van der Waals surface area contributed by atoms with Gasteiger partial charge in [0.15, 0.2) is 0 Å². The van der Waals surface area contributed by atoms with E-state index in [1.54, 1.807) is 0 Å². The Bertz CT molecular complexity index is 564. The lowest BCUT2D eigenvalue weighted by Crippen LogP contribution is -2.21. The quantitative estimate of drug-likeness (QED) is 0.874. The van der Waals surface area contributed by atoms with E-state index in [9.17, 15) is 0 Å².